The van der Waals surface area contributed by atoms with Crippen LogP contribution in [-0.2, 0) is 16.1 Å². The summed E-state index contributed by atoms with van der Waals surface area (Å²) in [6, 6.07) is 5.22. The molecule has 0 aliphatic carbocycles. The molecule has 1 saturated heterocycles. The highest BCUT2D eigenvalue weighted by Crippen LogP contribution is 2.22. The summed E-state index contributed by atoms with van der Waals surface area (Å²) in [7, 11) is 0. The fourth-order valence-corrected chi connectivity index (χ4v) is 4.02. The molecule has 0 unspecified atom stereocenters. The number of likely N-dealkylation sites (tertiary alicyclic amines) is 1. The smallest absolute Gasteiger partial charge is 0.407 e. The van der Waals surface area contributed by atoms with Gasteiger partial charge >= 0.3 is 11.0 Å². The summed E-state index contributed by atoms with van der Waals surface area (Å²) in [5.41, 5.74) is 0.676. The second kappa shape index (κ2) is 8.09. The van der Waals surface area contributed by atoms with E-state index in [9.17, 15) is 14.4 Å². The number of hydrogen-bond donors (Lipinski definition) is 1. The first-order valence-electron chi connectivity index (χ1n) is 8.49. The Balaban J connectivity index is 1.62. The largest absolute Gasteiger partial charge is 0.446 e. The molecular weight excluding hydrogens is 378 g/mol. The Kier molecular flexibility index (Phi) is 5.83. The molecule has 2 heterocycles. The molecule has 1 N–H and O–H groups in total. The van der Waals surface area contributed by atoms with Crippen LogP contribution in [0, 0.1) is 0 Å². The molecule has 3 rings (SSSR count). The monoisotopic (exact) mass is 397 g/mol. The van der Waals surface area contributed by atoms with Gasteiger partial charge in [0.25, 0.3) is 0 Å². The summed E-state index contributed by atoms with van der Waals surface area (Å²) in [6.07, 6.45) is 0.571. The molecule has 0 bridgehead atoms. The number of aromatic nitrogens is 1. The first-order valence-corrected chi connectivity index (χ1v) is 9.68. The minimum Gasteiger partial charge on any atom is -0.446 e. The number of nitrogens with one attached hydrogen (secondary N) is 1. The summed E-state index contributed by atoms with van der Waals surface area (Å²) >= 11 is 7.11. The number of alkyl carbamates (subject to hydrolysis) is 1. The van der Waals surface area contributed by atoms with E-state index < -0.39 is 6.09 Å². The summed E-state index contributed by atoms with van der Waals surface area (Å²) < 4.78 is 7.57. The van der Waals surface area contributed by atoms with Gasteiger partial charge in [0, 0.05) is 37.5 Å². The van der Waals surface area contributed by atoms with Gasteiger partial charge in [-0.2, -0.15) is 0 Å². The number of fused-ring (bicyclic) bond motifs is 1. The molecule has 0 spiro atoms. The van der Waals surface area contributed by atoms with Gasteiger partial charge in [0.2, 0.25) is 5.91 Å². The Morgan fingerprint density at radius 3 is 2.77 bits per heavy atom. The Bertz CT molecular complexity index is 871. The summed E-state index contributed by atoms with van der Waals surface area (Å²) in [4.78, 5) is 37.8. The molecule has 26 heavy (non-hydrogen) atoms. The molecule has 2 amide bonds. The van der Waals surface area contributed by atoms with Crippen LogP contribution < -0.4 is 10.2 Å². The molecule has 2 aromatic rings. The van der Waals surface area contributed by atoms with E-state index in [1.807, 2.05) is 6.92 Å². The van der Waals surface area contributed by atoms with Gasteiger partial charge in [-0.15, -0.1) is 0 Å². The molecule has 1 fully saturated rings. The Morgan fingerprint density at radius 2 is 2.08 bits per heavy atom. The van der Waals surface area contributed by atoms with Gasteiger partial charge in [0.15, 0.2) is 0 Å². The summed E-state index contributed by atoms with van der Waals surface area (Å²) in [5.74, 6) is -0.122. The lowest BCUT2D eigenvalue weighted by Gasteiger charge is -2.31. The van der Waals surface area contributed by atoms with Gasteiger partial charge in [0.05, 0.1) is 10.2 Å². The van der Waals surface area contributed by atoms with Crippen LogP contribution in [-0.4, -0.2) is 47.2 Å². The lowest BCUT2D eigenvalue weighted by Crippen LogP contribution is -2.44. The van der Waals surface area contributed by atoms with Crippen LogP contribution in [0.5, 0.6) is 0 Å². The van der Waals surface area contributed by atoms with Crippen LogP contribution in [0.25, 0.3) is 10.2 Å². The number of rotatable bonds is 4. The molecule has 0 saturated carbocycles. The SMILES string of the molecule is CCNC(=O)OC1CCN(C(=O)Cn2c(=O)sc3ccc(Cl)cc32)CC1. The number of ether oxygens (including phenoxy) is 1. The second-order valence-electron chi connectivity index (χ2n) is 6.08. The Morgan fingerprint density at radius 1 is 1.35 bits per heavy atom. The maximum Gasteiger partial charge on any atom is 0.407 e. The van der Waals surface area contributed by atoms with E-state index in [2.05, 4.69) is 5.32 Å². The standard InChI is InChI=1S/C17H20ClN3O4S/c1-2-19-16(23)25-12-5-7-20(8-6-12)15(22)10-21-13-9-11(18)3-4-14(13)26-17(21)24/h3-4,9,12H,2,5-8,10H2,1H3,(H,19,23). The lowest BCUT2D eigenvalue weighted by molar-refractivity contribution is -0.133. The van der Waals surface area contributed by atoms with Crippen molar-refractivity contribution in [2.24, 2.45) is 0 Å². The predicted molar refractivity (Wildman–Crippen MR) is 101 cm³/mol. The first-order chi connectivity index (χ1) is 12.5. The maximum atomic E-state index is 12.6. The number of carbonyl (C=O) groups excluding carboxylic acids is 2. The number of piperidine rings is 1. The van der Waals surface area contributed by atoms with Crippen molar-refractivity contribution in [2.75, 3.05) is 19.6 Å². The molecular formula is C17H20ClN3O4S. The fourth-order valence-electron chi connectivity index (χ4n) is 2.98. The van der Waals surface area contributed by atoms with Gasteiger partial charge in [-0.1, -0.05) is 22.9 Å². The highest BCUT2D eigenvalue weighted by atomic mass is 35.5. The van der Waals surface area contributed by atoms with Crippen LogP contribution >= 0.6 is 22.9 Å². The van der Waals surface area contributed by atoms with E-state index in [1.54, 1.807) is 23.1 Å². The predicted octanol–water partition coefficient (Wildman–Crippen LogP) is 2.45. The van der Waals surface area contributed by atoms with Crippen LogP contribution in [0.1, 0.15) is 19.8 Å². The molecule has 140 valence electrons. The molecule has 1 aliphatic heterocycles. The molecule has 0 atom stereocenters. The van der Waals surface area contributed by atoms with Crippen LogP contribution in [0.15, 0.2) is 23.0 Å². The van der Waals surface area contributed by atoms with E-state index in [4.69, 9.17) is 16.3 Å². The lowest BCUT2D eigenvalue weighted by atomic mass is 10.1. The van der Waals surface area contributed by atoms with E-state index >= 15 is 0 Å². The van der Waals surface area contributed by atoms with Crippen molar-refractivity contribution < 1.29 is 14.3 Å². The average Bonchev–Trinajstić information content (AvgIpc) is 2.91. The zero-order valence-corrected chi connectivity index (χ0v) is 15.9. The molecule has 1 aliphatic rings. The highest BCUT2D eigenvalue weighted by Gasteiger charge is 2.26. The van der Waals surface area contributed by atoms with E-state index in [0.29, 0.717) is 43.0 Å². The van der Waals surface area contributed by atoms with Crippen molar-refractivity contribution in [1.82, 2.24) is 14.8 Å². The van der Waals surface area contributed by atoms with Crippen molar-refractivity contribution in [3.63, 3.8) is 0 Å². The number of thiazole rings is 1. The number of nitrogens with zero attached hydrogens (tertiary/aromatic N) is 2. The first kappa shape index (κ1) is 18.7. The number of halogens is 1. The molecule has 1 aromatic carbocycles. The van der Waals surface area contributed by atoms with Gasteiger partial charge in [-0.3, -0.25) is 14.2 Å². The minimum atomic E-state index is -0.426. The van der Waals surface area contributed by atoms with Crippen molar-refractivity contribution in [3.05, 3.63) is 32.9 Å². The van der Waals surface area contributed by atoms with Crippen molar-refractivity contribution in [3.8, 4) is 0 Å². The van der Waals surface area contributed by atoms with E-state index in [0.717, 1.165) is 16.0 Å². The molecule has 1 aromatic heterocycles. The van der Waals surface area contributed by atoms with Crippen molar-refractivity contribution in [2.45, 2.75) is 32.4 Å². The molecule has 0 radical (unpaired) electrons. The summed E-state index contributed by atoms with van der Waals surface area (Å²) in [6.45, 7) is 3.33. The van der Waals surface area contributed by atoms with Crippen molar-refractivity contribution in [1.29, 1.82) is 0 Å². The Labute approximate surface area is 159 Å². The van der Waals surface area contributed by atoms with Gasteiger partial charge in [-0.25, -0.2) is 4.79 Å². The van der Waals surface area contributed by atoms with Crippen LogP contribution in [0.4, 0.5) is 4.79 Å². The topological polar surface area (TPSA) is 80.6 Å². The third kappa shape index (κ3) is 4.19. The second-order valence-corrected chi connectivity index (χ2v) is 7.51. The number of amides is 2. The van der Waals surface area contributed by atoms with Gasteiger partial charge < -0.3 is 15.0 Å². The fraction of sp³-hybridized carbons (Fsp3) is 0.471. The van der Waals surface area contributed by atoms with Crippen LogP contribution in [0.2, 0.25) is 5.02 Å². The van der Waals surface area contributed by atoms with E-state index in [-0.39, 0.29) is 23.4 Å². The zero-order chi connectivity index (χ0) is 18.7. The summed E-state index contributed by atoms with van der Waals surface area (Å²) in [5, 5.41) is 3.12. The number of benzene rings is 1. The number of hydrogen-bond acceptors (Lipinski definition) is 5. The third-order valence-corrected chi connectivity index (χ3v) is 5.51. The van der Waals surface area contributed by atoms with Gasteiger partial charge in [-0.05, 0) is 25.1 Å². The Hall–Kier alpha value is -2.06. The number of carbonyl (C=O) groups is 2. The quantitative estimate of drug-likeness (QED) is 0.859. The van der Waals surface area contributed by atoms with Gasteiger partial charge in [0.1, 0.15) is 12.6 Å². The average molecular weight is 398 g/mol. The highest BCUT2D eigenvalue weighted by molar-refractivity contribution is 7.16. The third-order valence-electron chi connectivity index (χ3n) is 4.31. The maximum absolute atomic E-state index is 12.6. The molecule has 7 nitrogen and oxygen atoms in total. The van der Waals surface area contributed by atoms with Crippen molar-refractivity contribution >= 4 is 45.2 Å². The normalized spacial score (nSPS) is 15.2. The molecule has 9 heteroatoms. The van der Waals surface area contributed by atoms with E-state index in [1.165, 1.54) is 4.57 Å². The zero-order valence-electron chi connectivity index (χ0n) is 14.4. The minimum absolute atomic E-state index is 0.0129. The van der Waals surface area contributed by atoms with Crippen LogP contribution in [0.3, 0.4) is 0 Å².